The van der Waals surface area contributed by atoms with Crippen molar-refractivity contribution >= 4 is 6.03 Å². The smallest absolute Gasteiger partial charge is 0.315 e. The average molecular weight is 430 g/mol. The van der Waals surface area contributed by atoms with Crippen molar-refractivity contribution < 1.29 is 24.1 Å². The van der Waals surface area contributed by atoms with Crippen molar-refractivity contribution in [3.63, 3.8) is 0 Å². The fraction of sp³-hybridized carbons (Fsp3) is 0.739. The molecule has 1 aromatic rings. The molecule has 168 valence electrons. The van der Waals surface area contributed by atoms with Gasteiger partial charge in [-0.25, -0.2) is 4.79 Å². The number of rotatable bonds is 4. The maximum absolute atomic E-state index is 12.9. The highest BCUT2D eigenvalue weighted by Gasteiger charge is 2.58. The third kappa shape index (κ3) is 3.49. The first-order valence-electron chi connectivity index (χ1n) is 11.5. The Morgan fingerprint density at radius 3 is 2.71 bits per heavy atom. The molecule has 0 aromatic carbocycles. The van der Waals surface area contributed by atoms with Gasteiger partial charge in [0.15, 0.2) is 6.10 Å². The SMILES string of the molecule is Cc1ncccc1O[C@H]1CO[C@@H]2[C@@H]1OC[C@@H]2NC(=O)NC12CC3CC(CC(O)(C3)C1)C2. The Balaban J connectivity index is 1.08. The lowest BCUT2D eigenvalue weighted by Gasteiger charge is -2.60. The monoisotopic (exact) mass is 429 g/mol. The van der Waals surface area contributed by atoms with E-state index in [1.54, 1.807) is 6.20 Å². The van der Waals surface area contributed by atoms with Crippen molar-refractivity contribution in [2.45, 2.75) is 80.9 Å². The van der Waals surface area contributed by atoms with Gasteiger partial charge in [-0.2, -0.15) is 0 Å². The molecule has 2 unspecified atom stereocenters. The summed E-state index contributed by atoms with van der Waals surface area (Å²) in [5.41, 5.74) is -0.0418. The highest BCUT2D eigenvalue weighted by molar-refractivity contribution is 5.75. The fourth-order valence-electron chi connectivity index (χ4n) is 7.25. The Morgan fingerprint density at radius 1 is 1.19 bits per heavy atom. The van der Waals surface area contributed by atoms with Crippen molar-refractivity contribution in [3.8, 4) is 5.75 Å². The highest BCUT2D eigenvalue weighted by atomic mass is 16.6. The Morgan fingerprint density at radius 2 is 1.97 bits per heavy atom. The molecule has 2 saturated heterocycles. The first kappa shape index (κ1) is 19.8. The van der Waals surface area contributed by atoms with Crippen LogP contribution in [0.15, 0.2) is 18.3 Å². The Hall–Kier alpha value is -1.90. The Bertz CT molecular complexity index is 865. The molecule has 6 aliphatic rings. The van der Waals surface area contributed by atoms with Crippen LogP contribution in [-0.4, -0.2) is 64.8 Å². The van der Waals surface area contributed by atoms with Crippen molar-refractivity contribution in [1.29, 1.82) is 0 Å². The van der Waals surface area contributed by atoms with E-state index in [0.717, 1.165) is 37.1 Å². The summed E-state index contributed by atoms with van der Waals surface area (Å²) < 4.78 is 18.1. The molecule has 8 heteroatoms. The minimum atomic E-state index is -0.595. The first-order valence-corrected chi connectivity index (χ1v) is 11.5. The molecule has 2 amide bonds. The van der Waals surface area contributed by atoms with Crippen molar-refractivity contribution in [1.82, 2.24) is 15.6 Å². The van der Waals surface area contributed by atoms with Crippen molar-refractivity contribution in [3.05, 3.63) is 24.0 Å². The van der Waals surface area contributed by atoms with E-state index in [4.69, 9.17) is 14.2 Å². The molecule has 0 spiro atoms. The second kappa shape index (κ2) is 7.05. The second-order valence-corrected chi connectivity index (χ2v) is 10.5. The summed E-state index contributed by atoms with van der Waals surface area (Å²) in [5, 5.41) is 17.3. The summed E-state index contributed by atoms with van der Waals surface area (Å²) in [4.78, 5) is 17.2. The van der Waals surface area contributed by atoms with E-state index in [1.165, 1.54) is 6.42 Å². The quantitative estimate of drug-likeness (QED) is 0.673. The van der Waals surface area contributed by atoms with Crippen LogP contribution in [0, 0.1) is 18.8 Å². The standard InChI is InChI=1S/C23H31N3O5/c1-13-17(3-2-4-24-13)31-18-11-30-19-16(10-29-20(18)19)25-21(27)26-22-6-14-5-15(7-22)9-23(28,8-14)12-22/h2-4,14-16,18-20,28H,5-12H2,1H3,(H2,25,26,27)/t14?,15?,16-,18-,19-,20+,22?,23?/m0/s1. The van der Waals surface area contributed by atoms with Gasteiger partial charge in [0.2, 0.25) is 0 Å². The zero-order chi connectivity index (χ0) is 21.2. The molecule has 1 aromatic heterocycles. The van der Waals surface area contributed by atoms with E-state index in [2.05, 4.69) is 15.6 Å². The molecule has 2 aliphatic heterocycles. The van der Waals surface area contributed by atoms with E-state index in [9.17, 15) is 9.90 Å². The lowest BCUT2D eigenvalue weighted by atomic mass is 9.51. The van der Waals surface area contributed by atoms with Gasteiger partial charge in [0.05, 0.1) is 30.6 Å². The molecule has 3 heterocycles. The van der Waals surface area contributed by atoms with Crippen LogP contribution >= 0.6 is 0 Å². The number of aromatic nitrogens is 1. The molecule has 4 bridgehead atoms. The van der Waals surface area contributed by atoms with Crippen LogP contribution in [0.3, 0.4) is 0 Å². The number of urea groups is 1. The number of amides is 2. The van der Waals surface area contributed by atoms with E-state index in [-0.39, 0.29) is 35.9 Å². The van der Waals surface area contributed by atoms with Crippen LogP contribution in [0.25, 0.3) is 0 Å². The minimum Gasteiger partial charge on any atom is -0.483 e. The molecule has 4 saturated carbocycles. The number of aryl methyl sites for hydroxylation is 1. The zero-order valence-corrected chi connectivity index (χ0v) is 17.9. The van der Waals surface area contributed by atoms with Gasteiger partial charge in [0.25, 0.3) is 0 Å². The molecule has 6 fully saturated rings. The van der Waals surface area contributed by atoms with Gasteiger partial charge in [0.1, 0.15) is 18.0 Å². The highest BCUT2D eigenvalue weighted by Crippen LogP contribution is 2.57. The minimum absolute atomic E-state index is 0.184. The number of hydrogen-bond donors (Lipinski definition) is 3. The number of hydrogen-bond acceptors (Lipinski definition) is 6. The Kier molecular flexibility index (Phi) is 4.49. The first-order chi connectivity index (χ1) is 14.9. The fourth-order valence-corrected chi connectivity index (χ4v) is 7.25. The van der Waals surface area contributed by atoms with Crippen LogP contribution in [0.5, 0.6) is 5.75 Å². The third-order valence-corrected chi connectivity index (χ3v) is 7.97. The summed E-state index contributed by atoms with van der Waals surface area (Å²) >= 11 is 0. The zero-order valence-electron chi connectivity index (χ0n) is 17.9. The van der Waals surface area contributed by atoms with Gasteiger partial charge in [-0.1, -0.05) is 0 Å². The van der Waals surface area contributed by atoms with Gasteiger partial charge < -0.3 is 30.0 Å². The van der Waals surface area contributed by atoms with Crippen molar-refractivity contribution in [2.75, 3.05) is 13.2 Å². The lowest BCUT2D eigenvalue weighted by molar-refractivity contribution is -0.139. The largest absolute Gasteiger partial charge is 0.483 e. The topological polar surface area (TPSA) is 102 Å². The summed E-state index contributed by atoms with van der Waals surface area (Å²) in [7, 11) is 0. The number of nitrogens with one attached hydrogen (secondary N) is 2. The predicted octanol–water partition coefficient (Wildman–Crippen LogP) is 1.69. The van der Waals surface area contributed by atoms with Gasteiger partial charge >= 0.3 is 6.03 Å². The van der Waals surface area contributed by atoms with Gasteiger partial charge in [-0.3, -0.25) is 4.98 Å². The molecule has 31 heavy (non-hydrogen) atoms. The summed E-state index contributed by atoms with van der Waals surface area (Å²) in [6.07, 6.45) is 6.67. The summed E-state index contributed by atoms with van der Waals surface area (Å²) in [6, 6.07) is 3.34. The van der Waals surface area contributed by atoms with E-state index in [1.807, 2.05) is 19.1 Å². The number of pyridine rings is 1. The van der Waals surface area contributed by atoms with E-state index < -0.39 is 5.60 Å². The number of nitrogens with zero attached hydrogens (tertiary/aromatic N) is 1. The van der Waals surface area contributed by atoms with Crippen LogP contribution in [0.1, 0.15) is 44.2 Å². The second-order valence-electron chi connectivity index (χ2n) is 10.5. The van der Waals surface area contributed by atoms with E-state index >= 15 is 0 Å². The van der Waals surface area contributed by atoms with Gasteiger partial charge in [0, 0.05) is 11.7 Å². The number of aliphatic hydroxyl groups is 1. The van der Waals surface area contributed by atoms with Gasteiger partial charge in [-0.05, 0) is 69.4 Å². The number of fused-ring (bicyclic) bond motifs is 1. The molecule has 0 radical (unpaired) electrons. The van der Waals surface area contributed by atoms with Crippen LogP contribution in [0.4, 0.5) is 4.79 Å². The lowest BCUT2D eigenvalue weighted by Crippen LogP contribution is -2.67. The maximum Gasteiger partial charge on any atom is 0.315 e. The molecule has 8 nitrogen and oxygen atoms in total. The van der Waals surface area contributed by atoms with Crippen LogP contribution in [0.2, 0.25) is 0 Å². The predicted molar refractivity (Wildman–Crippen MR) is 111 cm³/mol. The summed E-state index contributed by atoms with van der Waals surface area (Å²) in [6.45, 7) is 2.73. The molecule has 4 aliphatic carbocycles. The van der Waals surface area contributed by atoms with E-state index in [0.29, 0.717) is 31.5 Å². The maximum atomic E-state index is 12.9. The molecule has 6 atom stereocenters. The molecule has 7 rings (SSSR count). The number of ether oxygens (including phenoxy) is 3. The van der Waals surface area contributed by atoms with Crippen LogP contribution in [-0.2, 0) is 9.47 Å². The normalized spacial score (nSPS) is 44.8. The molecular formula is C23H31N3O5. The summed E-state index contributed by atoms with van der Waals surface area (Å²) in [5.74, 6) is 1.78. The third-order valence-electron chi connectivity index (χ3n) is 7.97. The number of carbonyl (C=O) groups excluding carboxylic acids is 1. The van der Waals surface area contributed by atoms with Crippen LogP contribution < -0.4 is 15.4 Å². The van der Waals surface area contributed by atoms with Crippen molar-refractivity contribution in [2.24, 2.45) is 11.8 Å². The average Bonchev–Trinajstić information content (AvgIpc) is 3.24. The van der Waals surface area contributed by atoms with Gasteiger partial charge in [-0.15, -0.1) is 0 Å². The molecule has 3 N–H and O–H groups in total. The Labute approximate surface area is 182 Å². The molecular weight excluding hydrogens is 398 g/mol. The number of carbonyl (C=O) groups is 1.